The summed E-state index contributed by atoms with van der Waals surface area (Å²) in [6.45, 7) is 0.138. The SMILES string of the molecule is CN1C(=O)CN(c2ccccc2)C1=O. The van der Waals surface area contributed by atoms with Gasteiger partial charge in [0.15, 0.2) is 0 Å². The fourth-order valence-electron chi connectivity index (χ4n) is 1.41. The first-order valence-corrected chi connectivity index (χ1v) is 4.33. The number of likely N-dealkylation sites (N-methyl/N-ethyl adjacent to an activating group) is 1. The molecule has 4 nitrogen and oxygen atoms in total. The van der Waals surface area contributed by atoms with Crippen LogP contribution in [-0.4, -0.2) is 30.4 Å². The normalized spacial score (nSPS) is 16.6. The number of benzene rings is 1. The number of rotatable bonds is 1. The Bertz CT molecular complexity index is 375. The van der Waals surface area contributed by atoms with E-state index in [2.05, 4.69) is 0 Å². The van der Waals surface area contributed by atoms with E-state index in [-0.39, 0.29) is 18.5 Å². The van der Waals surface area contributed by atoms with Crippen LogP contribution in [-0.2, 0) is 4.79 Å². The molecule has 4 heteroatoms. The van der Waals surface area contributed by atoms with Gasteiger partial charge in [0.2, 0.25) is 5.91 Å². The number of hydrogen-bond acceptors (Lipinski definition) is 2. The van der Waals surface area contributed by atoms with E-state index < -0.39 is 0 Å². The minimum Gasteiger partial charge on any atom is -0.285 e. The zero-order chi connectivity index (χ0) is 10.1. The number of amides is 3. The van der Waals surface area contributed by atoms with Crippen LogP contribution in [0.3, 0.4) is 0 Å². The van der Waals surface area contributed by atoms with Gasteiger partial charge in [0.05, 0.1) is 0 Å². The Kier molecular flexibility index (Phi) is 1.96. The van der Waals surface area contributed by atoms with E-state index in [1.165, 1.54) is 11.9 Å². The summed E-state index contributed by atoms with van der Waals surface area (Å²) in [6, 6.07) is 8.90. The highest BCUT2D eigenvalue weighted by atomic mass is 16.2. The van der Waals surface area contributed by atoms with Crippen molar-refractivity contribution in [2.75, 3.05) is 18.5 Å². The Morgan fingerprint density at radius 3 is 2.29 bits per heavy atom. The summed E-state index contributed by atoms with van der Waals surface area (Å²) in [4.78, 5) is 25.4. The van der Waals surface area contributed by atoms with E-state index >= 15 is 0 Å². The number of nitrogens with zero attached hydrogens (tertiary/aromatic N) is 2. The van der Waals surface area contributed by atoms with E-state index in [1.807, 2.05) is 30.3 Å². The van der Waals surface area contributed by atoms with Crippen molar-refractivity contribution in [2.24, 2.45) is 0 Å². The standard InChI is InChI=1S/C10H10N2O2/c1-11-9(13)7-12(10(11)14)8-5-3-2-4-6-8/h2-6H,7H2,1H3. The Labute approximate surface area is 81.7 Å². The molecule has 0 spiro atoms. The molecule has 0 N–H and O–H groups in total. The molecule has 72 valence electrons. The maximum absolute atomic E-state index is 11.5. The second-order valence-electron chi connectivity index (χ2n) is 3.16. The maximum atomic E-state index is 11.5. The van der Waals surface area contributed by atoms with Crippen LogP contribution in [0, 0.1) is 0 Å². The highest BCUT2D eigenvalue weighted by molar-refractivity contribution is 6.11. The first kappa shape index (κ1) is 8.74. The number of anilines is 1. The highest BCUT2D eigenvalue weighted by Gasteiger charge is 2.33. The van der Waals surface area contributed by atoms with E-state index in [0.29, 0.717) is 0 Å². The molecule has 0 bridgehead atoms. The van der Waals surface area contributed by atoms with Crippen LogP contribution in [0.5, 0.6) is 0 Å². The van der Waals surface area contributed by atoms with Crippen molar-refractivity contribution in [1.82, 2.24) is 4.90 Å². The average molecular weight is 190 g/mol. The van der Waals surface area contributed by atoms with E-state index in [9.17, 15) is 9.59 Å². The molecular formula is C10H10N2O2. The molecule has 3 amide bonds. The molecule has 1 aliphatic rings. The van der Waals surface area contributed by atoms with Crippen LogP contribution in [0.1, 0.15) is 0 Å². The third-order valence-corrected chi connectivity index (χ3v) is 2.25. The van der Waals surface area contributed by atoms with Gasteiger partial charge in [-0.15, -0.1) is 0 Å². The lowest BCUT2D eigenvalue weighted by molar-refractivity contribution is -0.123. The molecule has 1 aliphatic heterocycles. The minimum atomic E-state index is -0.263. The summed E-state index contributed by atoms with van der Waals surface area (Å²) in [6.07, 6.45) is 0. The van der Waals surface area contributed by atoms with Crippen molar-refractivity contribution < 1.29 is 9.59 Å². The second-order valence-corrected chi connectivity index (χ2v) is 3.16. The quantitative estimate of drug-likeness (QED) is 0.622. The summed E-state index contributed by atoms with van der Waals surface area (Å²) in [5, 5.41) is 0. The molecule has 1 fully saturated rings. The van der Waals surface area contributed by atoms with Crippen molar-refractivity contribution >= 4 is 17.6 Å². The molecule has 0 radical (unpaired) electrons. The maximum Gasteiger partial charge on any atom is 0.331 e. The van der Waals surface area contributed by atoms with E-state index in [4.69, 9.17) is 0 Å². The molecule has 0 saturated carbocycles. The number of carbonyl (C=O) groups is 2. The lowest BCUT2D eigenvalue weighted by Crippen LogP contribution is -2.29. The summed E-state index contributed by atoms with van der Waals surface area (Å²) in [5.74, 6) is -0.168. The highest BCUT2D eigenvalue weighted by Crippen LogP contribution is 2.18. The molecule has 0 unspecified atom stereocenters. The van der Waals surface area contributed by atoms with Gasteiger partial charge in [-0.3, -0.25) is 14.6 Å². The molecule has 0 aromatic heterocycles. The topological polar surface area (TPSA) is 40.6 Å². The third-order valence-electron chi connectivity index (χ3n) is 2.25. The predicted octanol–water partition coefficient (Wildman–Crippen LogP) is 1.08. The number of imide groups is 1. The first-order chi connectivity index (χ1) is 6.70. The van der Waals surface area contributed by atoms with Gasteiger partial charge in [-0.2, -0.15) is 0 Å². The summed E-state index contributed by atoms with van der Waals surface area (Å²) >= 11 is 0. The predicted molar refractivity (Wildman–Crippen MR) is 52.0 cm³/mol. The van der Waals surface area contributed by atoms with Crippen LogP contribution < -0.4 is 4.90 Å². The number of para-hydroxylation sites is 1. The van der Waals surface area contributed by atoms with Gasteiger partial charge in [-0.1, -0.05) is 18.2 Å². The van der Waals surface area contributed by atoms with Gasteiger partial charge in [0, 0.05) is 12.7 Å². The van der Waals surface area contributed by atoms with Crippen LogP contribution in [0.2, 0.25) is 0 Å². The Morgan fingerprint density at radius 2 is 1.79 bits per heavy atom. The van der Waals surface area contributed by atoms with E-state index in [1.54, 1.807) is 0 Å². The lowest BCUT2D eigenvalue weighted by atomic mass is 10.3. The van der Waals surface area contributed by atoms with Gasteiger partial charge in [0.25, 0.3) is 0 Å². The van der Waals surface area contributed by atoms with Gasteiger partial charge in [-0.05, 0) is 12.1 Å². The largest absolute Gasteiger partial charge is 0.331 e. The molecule has 1 aromatic carbocycles. The zero-order valence-electron chi connectivity index (χ0n) is 7.80. The van der Waals surface area contributed by atoms with Gasteiger partial charge < -0.3 is 0 Å². The van der Waals surface area contributed by atoms with Crippen molar-refractivity contribution in [3.8, 4) is 0 Å². The Balaban J connectivity index is 2.30. The van der Waals surface area contributed by atoms with Gasteiger partial charge in [0.1, 0.15) is 6.54 Å². The fraction of sp³-hybridized carbons (Fsp3) is 0.200. The van der Waals surface area contributed by atoms with Crippen molar-refractivity contribution in [3.63, 3.8) is 0 Å². The lowest BCUT2D eigenvalue weighted by Gasteiger charge is -2.13. The molecule has 1 aromatic rings. The van der Waals surface area contributed by atoms with Gasteiger partial charge >= 0.3 is 6.03 Å². The zero-order valence-corrected chi connectivity index (χ0v) is 7.80. The van der Waals surface area contributed by atoms with Crippen LogP contribution >= 0.6 is 0 Å². The van der Waals surface area contributed by atoms with Crippen LogP contribution in [0.15, 0.2) is 30.3 Å². The average Bonchev–Trinajstić information content (AvgIpc) is 2.47. The fourth-order valence-corrected chi connectivity index (χ4v) is 1.41. The van der Waals surface area contributed by atoms with Crippen molar-refractivity contribution in [1.29, 1.82) is 0 Å². The van der Waals surface area contributed by atoms with Crippen molar-refractivity contribution in [2.45, 2.75) is 0 Å². The van der Waals surface area contributed by atoms with E-state index in [0.717, 1.165) is 10.6 Å². The molecule has 2 rings (SSSR count). The molecule has 1 heterocycles. The van der Waals surface area contributed by atoms with Crippen LogP contribution in [0.25, 0.3) is 0 Å². The van der Waals surface area contributed by atoms with Gasteiger partial charge in [-0.25, -0.2) is 4.79 Å². The second kappa shape index (κ2) is 3.14. The third kappa shape index (κ3) is 1.25. The molecule has 1 saturated heterocycles. The monoisotopic (exact) mass is 190 g/mol. The molecule has 0 atom stereocenters. The molecule has 14 heavy (non-hydrogen) atoms. The molecular weight excluding hydrogens is 180 g/mol. The summed E-state index contributed by atoms with van der Waals surface area (Å²) in [7, 11) is 1.49. The Hall–Kier alpha value is -1.84. The summed E-state index contributed by atoms with van der Waals surface area (Å²) < 4.78 is 0. The Morgan fingerprint density at radius 1 is 1.14 bits per heavy atom. The number of carbonyl (C=O) groups excluding carboxylic acids is 2. The number of hydrogen-bond donors (Lipinski definition) is 0. The number of urea groups is 1. The summed E-state index contributed by atoms with van der Waals surface area (Å²) in [5.41, 5.74) is 0.759. The minimum absolute atomic E-state index is 0.138. The van der Waals surface area contributed by atoms with Crippen molar-refractivity contribution in [3.05, 3.63) is 30.3 Å². The smallest absolute Gasteiger partial charge is 0.285 e. The van der Waals surface area contributed by atoms with Crippen LogP contribution in [0.4, 0.5) is 10.5 Å². The molecule has 0 aliphatic carbocycles. The first-order valence-electron chi connectivity index (χ1n) is 4.33.